The van der Waals surface area contributed by atoms with Crippen molar-refractivity contribution in [1.82, 2.24) is 0 Å². The van der Waals surface area contributed by atoms with Crippen LogP contribution in [0.5, 0.6) is 0 Å². The molecular weight excluding hydrogens is 206 g/mol. The monoisotopic (exact) mass is 241 g/mol. The molecule has 0 aliphatic rings. The Kier molecular flexibility index (Phi) is 11.0. The highest BCUT2D eigenvalue weighted by Gasteiger charge is 2.22. The molecule has 2 N–H and O–H groups in total. The Morgan fingerprint density at radius 1 is 0.588 bits per heavy atom. The highest BCUT2D eigenvalue weighted by atomic mass is 14.7. The predicted molar refractivity (Wildman–Crippen MR) is 79.3 cm³/mol. The third kappa shape index (κ3) is 9.64. The van der Waals surface area contributed by atoms with Crippen molar-refractivity contribution in [3.8, 4) is 0 Å². The predicted octanol–water partition coefficient (Wildman–Crippen LogP) is 5.42. The molecule has 0 aromatic rings. The molecular formula is C16H35N. The minimum Gasteiger partial charge on any atom is -0.325 e. The molecule has 0 amide bonds. The molecule has 0 bridgehead atoms. The van der Waals surface area contributed by atoms with Gasteiger partial charge in [-0.25, -0.2) is 0 Å². The van der Waals surface area contributed by atoms with E-state index in [0.717, 1.165) is 0 Å². The molecule has 0 aromatic carbocycles. The normalized spacial score (nSPS) is 12.0. The van der Waals surface area contributed by atoms with Gasteiger partial charge in [0.1, 0.15) is 0 Å². The third-order valence-corrected chi connectivity index (χ3v) is 3.83. The summed E-state index contributed by atoms with van der Waals surface area (Å²) in [7, 11) is 0. The standard InChI is InChI=1S/C16H35N/c1-4-7-10-13-16(17,14-11-8-5-2)15-12-9-6-3/h4-15,17H2,1-3H3. The van der Waals surface area contributed by atoms with E-state index in [1.165, 1.54) is 77.0 Å². The summed E-state index contributed by atoms with van der Waals surface area (Å²) in [6.07, 6.45) is 15.7. The lowest BCUT2D eigenvalue weighted by Gasteiger charge is -2.30. The summed E-state index contributed by atoms with van der Waals surface area (Å²) < 4.78 is 0. The SMILES string of the molecule is CCCCCC(N)(CCCCC)CCCCC. The van der Waals surface area contributed by atoms with Crippen LogP contribution in [0.3, 0.4) is 0 Å². The van der Waals surface area contributed by atoms with E-state index in [-0.39, 0.29) is 5.54 Å². The topological polar surface area (TPSA) is 26.0 Å². The number of hydrogen-bond acceptors (Lipinski definition) is 1. The van der Waals surface area contributed by atoms with E-state index < -0.39 is 0 Å². The molecule has 0 saturated heterocycles. The fourth-order valence-electron chi connectivity index (χ4n) is 2.56. The molecule has 0 fully saturated rings. The molecule has 0 rings (SSSR count). The van der Waals surface area contributed by atoms with Crippen LogP contribution in [-0.4, -0.2) is 5.54 Å². The van der Waals surface area contributed by atoms with E-state index in [2.05, 4.69) is 20.8 Å². The Balaban J connectivity index is 3.95. The van der Waals surface area contributed by atoms with Crippen LogP contribution >= 0.6 is 0 Å². The van der Waals surface area contributed by atoms with Gasteiger partial charge < -0.3 is 5.73 Å². The summed E-state index contributed by atoms with van der Waals surface area (Å²) in [6.45, 7) is 6.81. The van der Waals surface area contributed by atoms with Crippen molar-refractivity contribution in [3.63, 3.8) is 0 Å². The zero-order valence-electron chi connectivity index (χ0n) is 12.6. The number of hydrogen-bond donors (Lipinski definition) is 1. The van der Waals surface area contributed by atoms with Crippen molar-refractivity contribution in [3.05, 3.63) is 0 Å². The lowest BCUT2D eigenvalue weighted by atomic mass is 9.83. The van der Waals surface area contributed by atoms with E-state index in [1.807, 2.05) is 0 Å². The summed E-state index contributed by atoms with van der Waals surface area (Å²) >= 11 is 0. The molecule has 0 aliphatic carbocycles. The van der Waals surface area contributed by atoms with Crippen LogP contribution in [-0.2, 0) is 0 Å². The van der Waals surface area contributed by atoms with Gasteiger partial charge in [-0.3, -0.25) is 0 Å². The Bertz CT molecular complexity index is 127. The maximum Gasteiger partial charge on any atom is 0.0154 e. The number of nitrogens with two attached hydrogens (primary N) is 1. The molecule has 0 heterocycles. The molecule has 0 atom stereocenters. The molecule has 1 heteroatoms. The van der Waals surface area contributed by atoms with Gasteiger partial charge >= 0.3 is 0 Å². The van der Waals surface area contributed by atoms with E-state index in [9.17, 15) is 0 Å². The van der Waals surface area contributed by atoms with E-state index in [0.29, 0.717) is 0 Å². The second-order valence-electron chi connectivity index (χ2n) is 5.73. The molecule has 104 valence electrons. The molecule has 0 saturated carbocycles. The Labute approximate surface area is 110 Å². The van der Waals surface area contributed by atoms with Gasteiger partial charge in [-0.15, -0.1) is 0 Å². The average molecular weight is 241 g/mol. The molecule has 17 heavy (non-hydrogen) atoms. The summed E-state index contributed by atoms with van der Waals surface area (Å²) in [4.78, 5) is 0. The summed E-state index contributed by atoms with van der Waals surface area (Å²) in [5.74, 6) is 0. The van der Waals surface area contributed by atoms with Crippen LogP contribution in [0, 0.1) is 0 Å². The minimum absolute atomic E-state index is 0.152. The van der Waals surface area contributed by atoms with Gasteiger partial charge in [0.15, 0.2) is 0 Å². The maximum absolute atomic E-state index is 6.62. The second-order valence-corrected chi connectivity index (χ2v) is 5.73. The molecule has 0 radical (unpaired) electrons. The molecule has 0 aromatic heterocycles. The smallest absolute Gasteiger partial charge is 0.0154 e. The maximum atomic E-state index is 6.62. The van der Waals surface area contributed by atoms with Crippen LogP contribution in [0.25, 0.3) is 0 Å². The minimum atomic E-state index is 0.152. The van der Waals surface area contributed by atoms with Crippen molar-refractivity contribution in [2.24, 2.45) is 5.73 Å². The second kappa shape index (κ2) is 11.1. The van der Waals surface area contributed by atoms with Crippen molar-refractivity contribution < 1.29 is 0 Å². The van der Waals surface area contributed by atoms with Crippen LogP contribution in [0.2, 0.25) is 0 Å². The van der Waals surface area contributed by atoms with Crippen molar-refractivity contribution in [2.75, 3.05) is 0 Å². The average Bonchev–Trinajstić information content (AvgIpc) is 2.30. The highest BCUT2D eigenvalue weighted by molar-refractivity contribution is 4.83. The zero-order chi connectivity index (χ0) is 13.0. The van der Waals surface area contributed by atoms with E-state index >= 15 is 0 Å². The Morgan fingerprint density at radius 3 is 1.12 bits per heavy atom. The summed E-state index contributed by atoms with van der Waals surface area (Å²) in [5.41, 5.74) is 6.77. The van der Waals surface area contributed by atoms with E-state index in [1.54, 1.807) is 0 Å². The quantitative estimate of drug-likeness (QED) is 0.453. The van der Waals surface area contributed by atoms with Crippen molar-refractivity contribution >= 4 is 0 Å². The van der Waals surface area contributed by atoms with Crippen LogP contribution in [0.15, 0.2) is 0 Å². The number of rotatable bonds is 12. The van der Waals surface area contributed by atoms with Gasteiger partial charge in [-0.05, 0) is 19.3 Å². The van der Waals surface area contributed by atoms with Gasteiger partial charge in [0.05, 0.1) is 0 Å². The van der Waals surface area contributed by atoms with Gasteiger partial charge in [-0.2, -0.15) is 0 Å². The first kappa shape index (κ1) is 17.0. The molecule has 0 unspecified atom stereocenters. The first-order valence-electron chi connectivity index (χ1n) is 7.97. The van der Waals surface area contributed by atoms with Crippen molar-refractivity contribution in [2.45, 2.75) is 103 Å². The first-order chi connectivity index (χ1) is 8.18. The van der Waals surface area contributed by atoms with Gasteiger partial charge in [0.2, 0.25) is 0 Å². The lowest BCUT2D eigenvalue weighted by Crippen LogP contribution is -2.39. The highest BCUT2D eigenvalue weighted by Crippen LogP contribution is 2.25. The summed E-state index contributed by atoms with van der Waals surface area (Å²) in [6, 6.07) is 0. The van der Waals surface area contributed by atoms with Gasteiger partial charge in [0.25, 0.3) is 0 Å². The fourth-order valence-corrected chi connectivity index (χ4v) is 2.56. The Hall–Kier alpha value is -0.0400. The van der Waals surface area contributed by atoms with Crippen LogP contribution in [0.4, 0.5) is 0 Å². The van der Waals surface area contributed by atoms with Crippen LogP contribution in [0.1, 0.15) is 97.8 Å². The lowest BCUT2D eigenvalue weighted by molar-refractivity contribution is 0.306. The summed E-state index contributed by atoms with van der Waals surface area (Å²) in [5, 5.41) is 0. The largest absolute Gasteiger partial charge is 0.325 e. The fraction of sp³-hybridized carbons (Fsp3) is 1.00. The molecule has 1 nitrogen and oxygen atoms in total. The van der Waals surface area contributed by atoms with Gasteiger partial charge in [-0.1, -0.05) is 78.6 Å². The molecule has 0 spiro atoms. The molecule has 0 aliphatic heterocycles. The van der Waals surface area contributed by atoms with Crippen LogP contribution < -0.4 is 5.73 Å². The third-order valence-electron chi connectivity index (χ3n) is 3.83. The van der Waals surface area contributed by atoms with Gasteiger partial charge in [0, 0.05) is 5.54 Å². The van der Waals surface area contributed by atoms with Crippen molar-refractivity contribution in [1.29, 1.82) is 0 Å². The Morgan fingerprint density at radius 2 is 0.882 bits per heavy atom. The van der Waals surface area contributed by atoms with E-state index in [4.69, 9.17) is 5.73 Å². The first-order valence-corrected chi connectivity index (χ1v) is 7.97. The zero-order valence-corrected chi connectivity index (χ0v) is 12.6. The number of unbranched alkanes of at least 4 members (excludes halogenated alkanes) is 6.